The van der Waals surface area contributed by atoms with E-state index >= 15 is 0 Å². The average molecular weight is 378 g/mol. The third-order valence-corrected chi connectivity index (χ3v) is 6.64. The molecule has 1 aliphatic heterocycles. The Balaban J connectivity index is 1.70. The summed E-state index contributed by atoms with van der Waals surface area (Å²) >= 11 is 1.95. The second-order valence-electron chi connectivity index (χ2n) is 7.35. The predicted molar refractivity (Wildman–Crippen MR) is 115 cm³/mol. The van der Waals surface area contributed by atoms with Crippen LogP contribution in [0.1, 0.15) is 50.2 Å². The van der Waals surface area contributed by atoms with E-state index in [1.165, 1.54) is 11.1 Å². The Morgan fingerprint density at radius 2 is 1.88 bits per heavy atom. The number of thioether (sulfide) groups is 1. The minimum absolute atomic E-state index is 0.272. The van der Waals surface area contributed by atoms with Crippen LogP contribution in [0.15, 0.2) is 29.3 Å². The standard InChI is InChI=1S/C21H35N3OS/c1-17(2)19-9-7-18(8-10-19)6-5-13-23-20(22-3)24-16-21(26-4)11-14-25-15-12-21/h7-10,17H,5-6,11-16H2,1-4H3,(H2,22,23,24). The van der Waals surface area contributed by atoms with Gasteiger partial charge in [0.15, 0.2) is 5.96 Å². The SMILES string of the molecule is CN=C(NCCCc1ccc(C(C)C)cc1)NCC1(SC)CCOCC1. The van der Waals surface area contributed by atoms with Crippen LogP contribution in [0, 0.1) is 0 Å². The lowest BCUT2D eigenvalue weighted by Gasteiger charge is -2.36. The first-order valence-corrected chi connectivity index (χ1v) is 11.0. The molecule has 1 saturated heterocycles. The molecule has 2 rings (SSSR count). The summed E-state index contributed by atoms with van der Waals surface area (Å²) in [5.41, 5.74) is 2.81. The summed E-state index contributed by atoms with van der Waals surface area (Å²) in [4.78, 5) is 4.37. The highest BCUT2D eigenvalue weighted by Gasteiger charge is 2.31. The Bertz CT molecular complexity index is 551. The molecular formula is C21H35N3OS. The molecular weight excluding hydrogens is 342 g/mol. The summed E-state index contributed by atoms with van der Waals surface area (Å²) < 4.78 is 5.79. The van der Waals surface area contributed by atoms with Crippen molar-refractivity contribution in [2.24, 2.45) is 4.99 Å². The van der Waals surface area contributed by atoms with Gasteiger partial charge in [0.05, 0.1) is 0 Å². The van der Waals surface area contributed by atoms with Gasteiger partial charge in [0, 0.05) is 38.1 Å². The van der Waals surface area contributed by atoms with Crippen molar-refractivity contribution in [1.82, 2.24) is 10.6 Å². The Morgan fingerprint density at radius 1 is 1.19 bits per heavy atom. The highest BCUT2D eigenvalue weighted by Crippen LogP contribution is 2.32. The lowest BCUT2D eigenvalue weighted by atomic mass is 9.99. The van der Waals surface area contributed by atoms with Gasteiger partial charge in [-0.3, -0.25) is 4.99 Å². The van der Waals surface area contributed by atoms with Crippen LogP contribution in [-0.4, -0.2) is 50.3 Å². The molecule has 0 atom stereocenters. The van der Waals surface area contributed by atoms with Gasteiger partial charge in [-0.25, -0.2) is 0 Å². The molecule has 146 valence electrons. The molecule has 0 saturated carbocycles. The number of ether oxygens (including phenoxy) is 1. The van der Waals surface area contributed by atoms with Crippen LogP contribution < -0.4 is 10.6 Å². The van der Waals surface area contributed by atoms with Gasteiger partial charge in [-0.1, -0.05) is 38.1 Å². The summed E-state index contributed by atoms with van der Waals surface area (Å²) in [7, 11) is 1.84. The number of nitrogens with one attached hydrogen (secondary N) is 2. The Morgan fingerprint density at radius 3 is 2.46 bits per heavy atom. The fourth-order valence-electron chi connectivity index (χ4n) is 3.23. The van der Waals surface area contributed by atoms with Gasteiger partial charge >= 0.3 is 0 Å². The molecule has 0 radical (unpaired) electrons. The van der Waals surface area contributed by atoms with Crippen LogP contribution in [-0.2, 0) is 11.2 Å². The zero-order valence-electron chi connectivity index (χ0n) is 16.8. The molecule has 1 aliphatic rings. The topological polar surface area (TPSA) is 45.7 Å². The van der Waals surface area contributed by atoms with Crippen LogP contribution in [0.2, 0.25) is 0 Å². The van der Waals surface area contributed by atoms with E-state index < -0.39 is 0 Å². The Hall–Kier alpha value is -1.20. The maximum Gasteiger partial charge on any atom is 0.191 e. The zero-order valence-corrected chi connectivity index (χ0v) is 17.6. The minimum atomic E-state index is 0.272. The van der Waals surface area contributed by atoms with Crippen LogP contribution >= 0.6 is 11.8 Å². The number of guanidine groups is 1. The van der Waals surface area contributed by atoms with E-state index in [4.69, 9.17) is 4.74 Å². The van der Waals surface area contributed by atoms with Gasteiger partial charge < -0.3 is 15.4 Å². The van der Waals surface area contributed by atoms with Gasteiger partial charge in [0.1, 0.15) is 0 Å². The van der Waals surface area contributed by atoms with E-state index in [2.05, 4.69) is 60.0 Å². The minimum Gasteiger partial charge on any atom is -0.381 e. The number of aliphatic imine (C=N–C) groups is 1. The summed E-state index contributed by atoms with van der Waals surface area (Å²) in [6, 6.07) is 9.03. The van der Waals surface area contributed by atoms with E-state index in [9.17, 15) is 0 Å². The fraction of sp³-hybridized carbons (Fsp3) is 0.667. The van der Waals surface area contributed by atoms with Gasteiger partial charge in [-0.15, -0.1) is 0 Å². The van der Waals surface area contributed by atoms with Crippen molar-refractivity contribution in [3.63, 3.8) is 0 Å². The zero-order chi connectivity index (χ0) is 18.8. The van der Waals surface area contributed by atoms with Gasteiger partial charge in [-0.2, -0.15) is 11.8 Å². The second kappa shape index (κ2) is 10.8. The maximum atomic E-state index is 5.51. The molecule has 5 heteroatoms. The third-order valence-electron chi connectivity index (χ3n) is 5.22. The molecule has 1 fully saturated rings. The van der Waals surface area contributed by atoms with E-state index in [-0.39, 0.29) is 4.75 Å². The van der Waals surface area contributed by atoms with E-state index in [1.54, 1.807) is 0 Å². The van der Waals surface area contributed by atoms with Crippen molar-refractivity contribution in [3.05, 3.63) is 35.4 Å². The summed E-state index contributed by atoms with van der Waals surface area (Å²) in [5, 5.41) is 6.96. The summed E-state index contributed by atoms with van der Waals surface area (Å²) in [6.07, 6.45) is 6.60. The molecule has 0 amide bonds. The molecule has 1 aromatic rings. The van der Waals surface area contributed by atoms with E-state index in [1.807, 2.05) is 18.8 Å². The first kappa shape index (κ1) is 21.1. The van der Waals surface area contributed by atoms with Crippen LogP contribution in [0.5, 0.6) is 0 Å². The van der Waals surface area contributed by atoms with Crippen molar-refractivity contribution in [2.75, 3.05) is 39.6 Å². The van der Waals surface area contributed by atoms with Crippen molar-refractivity contribution < 1.29 is 4.74 Å². The molecule has 0 unspecified atom stereocenters. The number of aryl methyl sites for hydroxylation is 1. The molecule has 0 spiro atoms. The molecule has 0 aromatic heterocycles. The highest BCUT2D eigenvalue weighted by molar-refractivity contribution is 8.00. The second-order valence-corrected chi connectivity index (χ2v) is 8.63. The number of benzene rings is 1. The normalized spacial score (nSPS) is 17.3. The molecule has 26 heavy (non-hydrogen) atoms. The molecule has 2 N–H and O–H groups in total. The number of hydrogen-bond acceptors (Lipinski definition) is 3. The molecule has 1 heterocycles. The van der Waals surface area contributed by atoms with Gasteiger partial charge in [0.25, 0.3) is 0 Å². The van der Waals surface area contributed by atoms with Gasteiger partial charge in [0.2, 0.25) is 0 Å². The average Bonchev–Trinajstić information content (AvgIpc) is 2.68. The fourth-order valence-corrected chi connectivity index (χ4v) is 4.02. The smallest absolute Gasteiger partial charge is 0.191 e. The maximum absolute atomic E-state index is 5.51. The van der Waals surface area contributed by atoms with Gasteiger partial charge in [-0.05, 0) is 49.0 Å². The third kappa shape index (κ3) is 6.51. The number of hydrogen-bond donors (Lipinski definition) is 2. The quantitative estimate of drug-likeness (QED) is 0.411. The van der Waals surface area contributed by atoms with Crippen molar-refractivity contribution >= 4 is 17.7 Å². The summed E-state index contributed by atoms with van der Waals surface area (Å²) in [6.45, 7) is 8.07. The van der Waals surface area contributed by atoms with E-state index in [0.29, 0.717) is 5.92 Å². The van der Waals surface area contributed by atoms with E-state index in [0.717, 1.165) is 57.9 Å². The monoisotopic (exact) mass is 377 g/mol. The largest absolute Gasteiger partial charge is 0.381 e. The van der Waals surface area contributed by atoms with Crippen LogP contribution in [0.3, 0.4) is 0 Å². The first-order chi connectivity index (χ1) is 12.6. The van der Waals surface area contributed by atoms with Crippen LogP contribution in [0.4, 0.5) is 0 Å². The molecule has 0 bridgehead atoms. The molecule has 4 nitrogen and oxygen atoms in total. The Labute approximate surface area is 163 Å². The Kier molecular flexibility index (Phi) is 8.79. The van der Waals surface area contributed by atoms with Crippen LogP contribution in [0.25, 0.3) is 0 Å². The molecule has 1 aromatic carbocycles. The first-order valence-electron chi connectivity index (χ1n) is 9.75. The number of rotatable bonds is 8. The predicted octanol–water partition coefficient (Wildman–Crippen LogP) is 3.82. The lowest BCUT2D eigenvalue weighted by Crippen LogP contribution is -2.48. The molecule has 0 aliphatic carbocycles. The number of nitrogens with zero attached hydrogens (tertiary/aromatic N) is 1. The van der Waals surface area contributed by atoms with Crippen molar-refractivity contribution in [1.29, 1.82) is 0 Å². The lowest BCUT2D eigenvalue weighted by molar-refractivity contribution is 0.0783. The van der Waals surface area contributed by atoms with Crippen molar-refractivity contribution in [3.8, 4) is 0 Å². The van der Waals surface area contributed by atoms with Crippen molar-refractivity contribution in [2.45, 2.75) is 50.2 Å². The summed E-state index contributed by atoms with van der Waals surface area (Å²) in [5.74, 6) is 1.50. The highest BCUT2D eigenvalue weighted by atomic mass is 32.2.